The van der Waals surface area contributed by atoms with Crippen molar-refractivity contribution in [2.45, 2.75) is 26.8 Å². The Labute approximate surface area is 146 Å². The minimum absolute atomic E-state index is 0.227. The Morgan fingerprint density at radius 3 is 3.00 bits per heavy atom. The summed E-state index contributed by atoms with van der Waals surface area (Å²) in [6, 6.07) is 0. The molecule has 0 atom stereocenters. The molecule has 0 fully saturated rings. The van der Waals surface area contributed by atoms with E-state index < -0.39 is 0 Å². The highest BCUT2D eigenvalue weighted by molar-refractivity contribution is 7.16. The molecule has 4 rings (SSSR count). The van der Waals surface area contributed by atoms with Crippen molar-refractivity contribution in [3.63, 3.8) is 0 Å². The Morgan fingerprint density at radius 2 is 2.21 bits per heavy atom. The van der Waals surface area contributed by atoms with Crippen molar-refractivity contribution in [2.75, 3.05) is 11.9 Å². The van der Waals surface area contributed by atoms with E-state index in [0.29, 0.717) is 17.4 Å². The van der Waals surface area contributed by atoms with E-state index in [1.807, 2.05) is 19.2 Å². The molecule has 3 aromatic rings. The largest absolute Gasteiger partial charge is 0.312 e. The molecule has 3 N–H and O–H groups in total. The summed E-state index contributed by atoms with van der Waals surface area (Å²) in [6.07, 6.45) is 0.862. The maximum absolute atomic E-state index is 12.5. The number of hydrogen-bond donors (Lipinski definition) is 3. The Kier molecular flexibility index (Phi) is 3.91. The summed E-state index contributed by atoms with van der Waals surface area (Å²) < 4.78 is 0. The molecule has 0 aromatic carbocycles. The predicted molar refractivity (Wildman–Crippen MR) is 94.6 cm³/mol. The van der Waals surface area contributed by atoms with Gasteiger partial charge in [0.1, 0.15) is 0 Å². The van der Waals surface area contributed by atoms with E-state index >= 15 is 0 Å². The van der Waals surface area contributed by atoms with Crippen LogP contribution in [-0.2, 0) is 13.0 Å². The summed E-state index contributed by atoms with van der Waals surface area (Å²) in [4.78, 5) is 22.5. The van der Waals surface area contributed by atoms with Crippen molar-refractivity contribution in [3.05, 3.63) is 33.0 Å². The number of nitrogens with one attached hydrogen (secondary N) is 3. The molecule has 0 spiro atoms. The second-order valence-corrected chi connectivity index (χ2v) is 7.66. The van der Waals surface area contributed by atoms with E-state index in [4.69, 9.17) is 0 Å². The molecule has 0 unspecified atom stereocenters. The molecule has 1 aliphatic rings. The average molecular weight is 360 g/mol. The lowest BCUT2D eigenvalue weighted by atomic mass is 10.1. The van der Waals surface area contributed by atoms with Crippen molar-refractivity contribution in [2.24, 2.45) is 0 Å². The number of rotatable bonds is 3. The molecule has 0 saturated carbocycles. The van der Waals surface area contributed by atoms with Crippen molar-refractivity contribution < 1.29 is 4.79 Å². The second-order valence-electron chi connectivity index (χ2n) is 5.60. The third kappa shape index (κ3) is 2.74. The highest BCUT2D eigenvalue weighted by Gasteiger charge is 2.22. The number of nitrogens with zero attached hydrogens (tertiary/aromatic N) is 3. The summed E-state index contributed by atoms with van der Waals surface area (Å²) in [5.74, 6) is -0.227. The number of aryl methyl sites for hydroxylation is 2. The van der Waals surface area contributed by atoms with E-state index in [-0.39, 0.29) is 5.91 Å². The molecule has 3 aromatic heterocycles. The van der Waals surface area contributed by atoms with Crippen LogP contribution in [-0.4, -0.2) is 32.6 Å². The number of amides is 1. The molecular weight excluding hydrogens is 344 g/mol. The molecule has 0 saturated heterocycles. The first kappa shape index (κ1) is 15.4. The van der Waals surface area contributed by atoms with Gasteiger partial charge in [0.15, 0.2) is 10.8 Å². The van der Waals surface area contributed by atoms with Crippen LogP contribution in [0.1, 0.15) is 32.4 Å². The first-order chi connectivity index (χ1) is 11.6. The van der Waals surface area contributed by atoms with Crippen LogP contribution >= 0.6 is 22.7 Å². The summed E-state index contributed by atoms with van der Waals surface area (Å²) in [6.45, 7) is 5.52. The maximum Gasteiger partial charge on any atom is 0.278 e. The first-order valence-electron chi connectivity index (χ1n) is 7.60. The van der Waals surface area contributed by atoms with Gasteiger partial charge in [0.2, 0.25) is 0 Å². The minimum Gasteiger partial charge on any atom is -0.312 e. The zero-order chi connectivity index (χ0) is 16.7. The topological polar surface area (TPSA) is 95.6 Å². The Bertz CT molecular complexity index is 909. The summed E-state index contributed by atoms with van der Waals surface area (Å²) >= 11 is 3.02. The molecule has 0 bridgehead atoms. The van der Waals surface area contributed by atoms with Crippen LogP contribution in [0.2, 0.25) is 0 Å². The number of thiazole rings is 2. The molecular formula is C15H16N6OS2. The SMILES string of the molecule is Cc1nc(C)c(-c2csc(NC(=O)c3n[nH]c4c3CNCC4)n2)s1. The number of H-pyrrole nitrogens is 1. The highest BCUT2D eigenvalue weighted by Crippen LogP contribution is 2.32. The Hall–Kier alpha value is -2.10. The van der Waals surface area contributed by atoms with Gasteiger partial charge in [0.05, 0.1) is 21.3 Å². The monoisotopic (exact) mass is 360 g/mol. The predicted octanol–water partition coefficient (Wildman–Crippen LogP) is 2.50. The number of carbonyl (C=O) groups excluding carboxylic acids is 1. The lowest BCUT2D eigenvalue weighted by Crippen LogP contribution is -2.25. The summed E-state index contributed by atoms with van der Waals surface area (Å²) in [5, 5.41) is 16.8. The number of aromatic amines is 1. The van der Waals surface area contributed by atoms with Gasteiger partial charge in [-0.3, -0.25) is 15.2 Å². The van der Waals surface area contributed by atoms with Crippen LogP contribution in [0.15, 0.2) is 5.38 Å². The standard InChI is InChI=1S/C15H16N6OS2/c1-7-13(24-8(2)17-7)11-6-23-15(18-11)19-14(22)12-9-5-16-4-3-10(9)20-21-12/h6,16H,3-5H2,1-2H3,(H,20,21)(H,18,19,22). The zero-order valence-electron chi connectivity index (χ0n) is 13.3. The fourth-order valence-corrected chi connectivity index (χ4v) is 4.43. The van der Waals surface area contributed by atoms with Gasteiger partial charge in [-0.15, -0.1) is 22.7 Å². The highest BCUT2D eigenvalue weighted by atomic mass is 32.1. The lowest BCUT2D eigenvalue weighted by molar-refractivity contribution is 0.102. The normalized spacial score (nSPS) is 13.8. The van der Waals surface area contributed by atoms with E-state index in [0.717, 1.165) is 45.5 Å². The molecule has 4 heterocycles. The van der Waals surface area contributed by atoms with Crippen molar-refractivity contribution >= 4 is 33.7 Å². The average Bonchev–Trinajstić information content (AvgIpc) is 3.25. The minimum atomic E-state index is -0.227. The van der Waals surface area contributed by atoms with Crippen LogP contribution in [0.5, 0.6) is 0 Å². The van der Waals surface area contributed by atoms with E-state index in [1.165, 1.54) is 11.3 Å². The molecule has 0 aliphatic carbocycles. The molecule has 1 aliphatic heterocycles. The van der Waals surface area contributed by atoms with Crippen LogP contribution in [0.4, 0.5) is 5.13 Å². The quantitative estimate of drug-likeness (QED) is 0.667. The van der Waals surface area contributed by atoms with Crippen LogP contribution in [0.25, 0.3) is 10.6 Å². The number of carbonyl (C=O) groups is 1. The van der Waals surface area contributed by atoms with Crippen molar-refractivity contribution in [1.82, 2.24) is 25.5 Å². The maximum atomic E-state index is 12.5. The third-order valence-electron chi connectivity index (χ3n) is 3.88. The van der Waals surface area contributed by atoms with Crippen LogP contribution in [0, 0.1) is 13.8 Å². The first-order valence-corrected chi connectivity index (χ1v) is 9.29. The van der Waals surface area contributed by atoms with E-state index in [2.05, 4.69) is 30.8 Å². The molecule has 1 amide bonds. The van der Waals surface area contributed by atoms with Crippen molar-refractivity contribution in [3.8, 4) is 10.6 Å². The Balaban J connectivity index is 1.55. The van der Waals surface area contributed by atoms with Gasteiger partial charge >= 0.3 is 0 Å². The van der Waals surface area contributed by atoms with Gasteiger partial charge in [-0.05, 0) is 13.8 Å². The summed E-state index contributed by atoms with van der Waals surface area (Å²) in [5.41, 5.74) is 4.25. The van der Waals surface area contributed by atoms with Crippen LogP contribution in [0.3, 0.4) is 0 Å². The fourth-order valence-electron chi connectivity index (χ4n) is 2.77. The Morgan fingerprint density at radius 1 is 1.33 bits per heavy atom. The summed E-state index contributed by atoms with van der Waals surface area (Å²) in [7, 11) is 0. The van der Waals surface area contributed by atoms with Crippen LogP contribution < -0.4 is 10.6 Å². The number of aromatic nitrogens is 4. The van der Waals surface area contributed by atoms with Gasteiger partial charge < -0.3 is 5.32 Å². The van der Waals surface area contributed by atoms with E-state index in [1.54, 1.807) is 11.3 Å². The van der Waals surface area contributed by atoms with Gasteiger partial charge in [-0.1, -0.05) is 0 Å². The number of anilines is 1. The smallest absolute Gasteiger partial charge is 0.278 e. The van der Waals surface area contributed by atoms with Gasteiger partial charge in [-0.25, -0.2) is 9.97 Å². The van der Waals surface area contributed by atoms with Gasteiger partial charge in [0.25, 0.3) is 5.91 Å². The van der Waals surface area contributed by atoms with Crippen molar-refractivity contribution in [1.29, 1.82) is 0 Å². The molecule has 124 valence electrons. The second kappa shape index (κ2) is 6.08. The zero-order valence-corrected chi connectivity index (χ0v) is 14.9. The van der Waals surface area contributed by atoms with Gasteiger partial charge in [-0.2, -0.15) is 5.10 Å². The number of fused-ring (bicyclic) bond motifs is 1. The lowest BCUT2D eigenvalue weighted by Gasteiger charge is -2.12. The molecule has 7 nitrogen and oxygen atoms in total. The fraction of sp³-hybridized carbons (Fsp3) is 0.333. The third-order valence-corrected chi connectivity index (χ3v) is 5.74. The van der Waals surface area contributed by atoms with E-state index in [9.17, 15) is 4.79 Å². The molecule has 24 heavy (non-hydrogen) atoms. The number of hydrogen-bond acceptors (Lipinski definition) is 7. The molecule has 9 heteroatoms. The van der Waals surface area contributed by atoms with Gasteiger partial charge in [0, 0.05) is 36.1 Å². The molecule has 0 radical (unpaired) electrons.